The number of carboxylic acid groups (broad SMARTS) is 2. The number of aromatic nitrogens is 2. The van der Waals surface area contributed by atoms with Gasteiger partial charge >= 0.3 is 24.3 Å². The molecule has 2 aliphatic rings. The molecule has 2 aromatic heterocycles. The number of amides is 1. The molecule has 1 saturated heterocycles. The van der Waals surface area contributed by atoms with Gasteiger partial charge in [-0.15, -0.1) is 11.3 Å². The SMILES string of the molecule is COC[C@H]1C(=O)N(Cc2ccc3c(N)ncnc3c2)CCN1CN1CSC(c2ccc(Cl)s2)=N1.O=C(O)C(F)(F)F.O=C(O)C(F)(F)F. The number of hydrazone groups is 1. The van der Waals surface area contributed by atoms with E-state index in [9.17, 15) is 31.1 Å². The topological polar surface area (TPSA) is 175 Å². The molecule has 13 nitrogen and oxygen atoms in total. The second kappa shape index (κ2) is 16.5. The Morgan fingerprint density at radius 2 is 1.71 bits per heavy atom. The number of nitrogens with zero attached hydrogens (tertiary/aromatic N) is 6. The Kier molecular flexibility index (Phi) is 13.2. The molecule has 1 fully saturated rings. The molecular formula is C26H26ClF6N7O6S2. The van der Waals surface area contributed by atoms with Crippen LogP contribution in [0.1, 0.15) is 10.4 Å². The van der Waals surface area contributed by atoms with Gasteiger partial charge in [0.15, 0.2) is 0 Å². The Balaban J connectivity index is 0.000000376. The number of thioether (sulfide) groups is 1. The first-order valence-electron chi connectivity index (χ1n) is 13.2. The lowest BCUT2D eigenvalue weighted by molar-refractivity contribution is -0.193. The van der Waals surface area contributed by atoms with Crippen LogP contribution in [0.2, 0.25) is 4.34 Å². The highest BCUT2D eigenvalue weighted by Gasteiger charge is 2.39. The van der Waals surface area contributed by atoms with Crippen molar-refractivity contribution in [2.45, 2.75) is 24.9 Å². The van der Waals surface area contributed by atoms with Gasteiger partial charge in [-0.1, -0.05) is 29.4 Å². The molecule has 0 saturated carbocycles. The van der Waals surface area contributed by atoms with E-state index >= 15 is 0 Å². The highest BCUT2D eigenvalue weighted by Crippen LogP contribution is 2.30. The zero-order chi connectivity index (χ0) is 35.8. The van der Waals surface area contributed by atoms with Crippen LogP contribution in [0.15, 0.2) is 41.8 Å². The number of benzene rings is 1. The number of rotatable bonds is 7. The van der Waals surface area contributed by atoms with Crippen molar-refractivity contribution in [3.8, 4) is 0 Å². The summed E-state index contributed by atoms with van der Waals surface area (Å²) >= 11 is 9.28. The maximum atomic E-state index is 13.4. The van der Waals surface area contributed by atoms with E-state index in [-0.39, 0.29) is 11.9 Å². The molecule has 3 aromatic rings. The first-order valence-corrected chi connectivity index (χ1v) is 15.4. The van der Waals surface area contributed by atoms with Crippen LogP contribution >= 0.6 is 34.7 Å². The minimum atomic E-state index is -5.08. The lowest BCUT2D eigenvalue weighted by atomic mass is 10.1. The summed E-state index contributed by atoms with van der Waals surface area (Å²) in [5, 5.41) is 22.8. The predicted molar refractivity (Wildman–Crippen MR) is 164 cm³/mol. The third-order valence-electron chi connectivity index (χ3n) is 6.32. The average molecular weight is 746 g/mol. The molecule has 2 aliphatic heterocycles. The first kappa shape index (κ1) is 38.5. The number of piperazine rings is 1. The van der Waals surface area contributed by atoms with Crippen LogP contribution in [0.25, 0.3) is 10.9 Å². The number of anilines is 1. The molecule has 4 N–H and O–H groups in total. The fourth-order valence-corrected chi connectivity index (χ4v) is 6.16. The number of fused-ring (bicyclic) bond motifs is 1. The number of ether oxygens (including phenoxy) is 1. The summed E-state index contributed by atoms with van der Waals surface area (Å²) in [6.07, 6.45) is -8.71. The number of carbonyl (C=O) groups excluding carboxylic acids is 1. The summed E-state index contributed by atoms with van der Waals surface area (Å²) in [6, 6.07) is 9.36. The molecule has 1 amide bonds. The molecule has 0 unspecified atom stereocenters. The third kappa shape index (κ3) is 10.8. The molecule has 0 spiro atoms. The van der Waals surface area contributed by atoms with Gasteiger partial charge in [0.05, 0.1) is 33.9 Å². The number of halogens is 7. The van der Waals surface area contributed by atoms with Crippen LogP contribution in [-0.2, 0) is 25.7 Å². The quantitative estimate of drug-likeness (QED) is 0.295. The number of carbonyl (C=O) groups is 3. The summed E-state index contributed by atoms with van der Waals surface area (Å²) < 4.78 is 69.6. The third-order valence-corrected chi connectivity index (χ3v) is 8.69. The molecule has 1 atom stereocenters. The highest BCUT2D eigenvalue weighted by molar-refractivity contribution is 8.14. The maximum absolute atomic E-state index is 13.4. The lowest BCUT2D eigenvalue weighted by Gasteiger charge is -2.41. The predicted octanol–water partition coefficient (Wildman–Crippen LogP) is 4.18. The van der Waals surface area contributed by atoms with Gasteiger partial charge in [0, 0.05) is 32.1 Å². The number of nitrogens with two attached hydrogens (primary N) is 1. The van der Waals surface area contributed by atoms with E-state index < -0.39 is 24.3 Å². The number of aliphatic carboxylic acids is 2. The van der Waals surface area contributed by atoms with Crippen LogP contribution in [0, 0.1) is 0 Å². The van der Waals surface area contributed by atoms with Crippen molar-refractivity contribution in [1.29, 1.82) is 0 Å². The van der Waals surface area contributed by atoms with E-state index in [1.165, 1.54) is 17.7 Å². The van der Waals surface area contributed by atoms with Gasteiger partial charge in [0.1, 0.15) is 23.2 Å². The zero-order valence-electron chi connectivity index (χ0n) is 24.5. The standard InChI is InChI=1S/C22H24ClN7O2S2.2C2HF3O2/c1-32-10-17-22(31)28(9-14-2-3-15-16(8-14)25-11-26-20(15)24)6-7-29(17)12-30-13-33-21(27-30)18-4-5-19(23)34-18;2*3-2(4,5)1(6)7/h2-5,8,11,17H,6-7,9-10,12-13H2,1H3,(H2,24,25,26);2*(H,6,7)/t17-;;/m0../s1. The molecule has 0 radical (unpaired) electrons. The molecule has 262 valence electrons. The maximum Gasteiger partial charge on any atom is 0.490 e. The van der Waals surface area contributed by atoms with Crippen LogP contribution in [-0.4, -0.2) is 116 Å². The van der Waals surface area contributed by atoms with E-state index in [4.69, 9.17) is 47.0 Å². The highest BCUT2D eigenvalue weighted by atomic mass is 35.5. The Morgan fingerprint density at radius 1 is 1.06 bits per heavy atom. The Hall–Kier alpha value is -3.92. The van der Waals surface area contributed by atoms with E-state index in [2.05, 4.69) is 14.9 Å². The first-order chi connectivity index (χ1) is 22.4. The molecule has 4 heterocycles. The molecule has 5 rings (SSSR count). The summed E-state index contributed by atoms with van der Waals surface area (Å²) in [6.45, 7) is 2.76. The van der Waals surface area contributed by atoms with Crippen LogP contribution < -0.4 is 5.73 Å². The molecular weight excluding hydrogens is 720 g/mol. The minimum absolute atomic E-state index is 0.0523. The van der Waals surface area contributed by atoms with E-state index in [1.54, 1.807) is 18.9 Å². The number of carboxylic acids is 2. The van der Waals surface area contributed by atoms with Gasteiger partial charge in [-0.05, 0) is 29.8 Å². The van der Waals surface area contributed by atoms with Crippen molar-refractivity contribution in [2.24, 2.45) is 5.10 Å². The Labute approximate surface area is 280 Å². The summed E-state index contributed by atoms with van der Waals surface area (Å²) in [4.78, 5) is 44.6. The molecule has 0 aliphatic carbocycles. The Morgan fingerprint density at radius 3 is 2.27 bits per heavy atom. The minimum Gasteiger partial charge on any atom is -0.475 e. The van der Waals surface area contributed by atoms with Crippen molar-refractivity contribution in [2.75, 3.05) is 45.1 Å². The van der Waals surface area contributed by atoms with Gasteiger partial charge in [-0.25, -0.2) is 19.6 Å². The fourth-order valence-electron chi connectivity index (χ4n) is 4.14. The van der Waals surface area contributed by atoms with E-state index in [0.717, 1.165) is 43.1 Å². The van der Waals surface area contributed by atoms with Crippen molar-refractivity contribution >= 4 is 74.3 Å². The second-order valence-electron chi connectivity index (χ2n) is 9.69. The fraction of sp³-hybridized carbons (Fsp3) is 0.385. The normalized spacial score (nSPS) is 17.0. The zero-order valence-corrected chi connectivity index (χ0v) is 26.9. The van der Waals surface area contributed by atoms with Gasteiger partial charge in [-0.2, -0.15) is 31.4 Å². The number of nitrogen functional groups attached to an aromatic ring is 1. The van der Waals surface area contributed by atoms with Crippen LogP contribution in [0.5, 0.6) is 0 Å². The number of thiophene rings is 1. The van der Waals surface area contributed by atoms with Gasteiger partial charge in [0.25, 0.3) is 0 Å². The number of methoxy groups -OCH3 is 1. The van der Waals surface area contributed by atoms with Crippen LogP contribution in [0.4, 0.5) is 32.2 Å². The summed E-state index contributed by atoms with van der Waals surface area (Å²) in [5.74, 6) is -4.27. The van der Waals surface area contributed by atoms with Gasteiger partial charge < -0.3 is 25.6 Å². The smallest absolute Gasteiger partial charge is 0.475 e. The van der Waals surface area contributed by atoms with Gasteiger partial charge in [0.2, 0.25) is 5.91 Å². The van der Waals surface area contributed by atoms with E-state index in [1.807, 2.05) is 40.2 Å². The average Bonchev–Trinajstić information content (AvgIpc) is 3.65. The van der Waals surface area contributed by atoms with Crippen molar-refractivity contribution in [3.63, 3.8) is 0 Å². The van der Waals surface area contributed by atoms with E-state index in [0.29, 0.717) is 32.2 Å². The Bertz CT molecular complexity index is 1620. The monoisotopic (exact) mass is 745 g/mol. The van der Waals surface area contributed by atoms with Crippen molar-refractivity contribution in [3.05, 3.63) is 51.4 Å². The molecule has 1 aromatic carbocycles. The van der Waals surface area contributed by atoms with Gasteiger partial charge in [-0.3, -0.25) is 14.7 Å². The lowest BCUT2D eigenvalue weighted by Crippen LogP contribution is -2.59. The summed E-state index contributed by atoms with van der Waals surface area (Å²) in [7, 11) is 1.63. The van der Waals surface area contributed by atoms with Crippen LogP contribution in [0.3, 0.4) is 0 Å². The number of hydrogen-bond donors (Lipinski definition) is 3. The number of alkyl halides is 6. The largest absolute Gasteiger partial charge is 0.490 e. The molecule has 0 bridgehead atoms. The van der Waals surface area contributed by atoms with Crippen molar-refractivity contribution in [1.82, 2.24) is 24.8 Å². The number of hydrogen-bond acceptors (Lipinski definition) is 12. The summed E-state index contributed by atoms with van der Waals surface area (Å²) in [5.41, 5.74) is 7.71. The second-order valence-corrected chi connectivity index (χ2v) is 12.3. The molecule has 22 heteroatoms. The molecule has 48 heavy (non-hydrogen) atoms. The van der Waals surface area contributed by atoms with Crippen molar-refractivity contribution < 1.29 is 55.7 Å².